The molecule has 0 bridgehead atoms. The zero-order chi connectivity index (χ0) is 16.8. The second-order valence-corrected chi connectivity index (χ2v) is 7.07. The highest BCUT2D eigenvalue weighted by molar-refractivity contribution is 7.98. The number of aliphatic hydroxyl groups excluding tert-OH is 2. The van der Waals surface area contributed by atoms with Gasteiger partial charge in [-0.3, -0.25) is 4.79 Å². The lowest BCUT2D eigenvalue weighted by molar-refractivity contribution is -0.129. The van der Waals surface area contributed by atoms with E-state index in [1.165, 1.54) is 25.7 Å². The van der Waals surface area contributed by atoms with Crippen LogP contribution in [0.25, 0.3) is 0 Å². The first-order valence-electron chi connectivity index (χ1n) is 8.65. The van der Waals surface area contributed by atoms with Gasteiger partial charge in [-0.1, -0.05) is 52.4 Å². The third-order valence-corrected chi connectivity index (χ3v) is 4.73. The Morgan fingerprint density at radius 1 is 1.14 bits per heavy atom. The zero-order valence-electron chi connectivity index (χ0n) is 14.5. The van der Waals surface area contributed by atoms with E-state index in [0.717, 1.165) is 25.0 Å². The van der Waals surface area contributed by atoms with Crippen molar-refractivity contribution in [3.63, 3.8) is 0 Å². The van der Waals surface area contributed by atoms with Crippen LogP contribution < -0.4 is 5.32 Å². The predicted octanol–water partition coefficient (Wildman–Crippen LogP) is 2.96. The Hall–Kier alpha value is -0.260. The minimum absolute atomic E-state index is 0.0491. The molecule has 4 nitrogen and oxygen atoms in total. The number of amides is 1. The number of hydrogen-bond acceptors (Lipinski definition) is 4. The third-order valence-electron chi connectivity index (χ3n) is 4.08. The van der Waals surface area contributed by atoms with Crippen molar-refractivity contribution in [2.45, 2.75) is 77.4 Å². The van der Waals surface area contributed by atoms with Crippen LogP contribution in [0.5, 0.6) is 0 Å². The molecular formula is C17H35NO3S. The van der Waals surface area contributed by atoms with Gasteiger partial charge in [-0.05, 0) is 24.9 Å². The molecule has 0 rings (SSSR count). The number of carbonyl (C=O) groups excluding carboxylic acids is 1. The first kappa shape index (κ1) is 21.7. The number of carbonyl (C=O) groups is 1. The molecule has 3 N–H and O–H groups in total. The molecule has 0 radical (unpaired) electrons. The Morgan fingerprint density at radius 2 is 1.77 bits per heavy atom. The van der Waals surface area contributed by atoms with E-state index in [1.807, 2.05) is 6.26 Å². The summed E-state index contributed by atoms with van der Waals surface area (Å²) in [5.41, 5.74) is 0. The highest BCUT2D eigenvalue weighted by Crippen LogP contribution is 2.14. The van der Waals surface area contributed by atoms with Crippen LogP contribution in [-0.2, 0) is 4.79 Å². The van der Waals surface area contributed by atoms with Crippen LogP contribution in [0, 0.1) is 5.92 Å². The van der Waals surface area contributed by atoms with E-state index >= 15 is 0 Å². The maximum Gasteiger partial charge on any atom is 0.225 e. The predicted molar refractivity (Wildman–Crippen MR) is 95.2 cm³/mol. The lowest BCUT2D eigenvalue weighted by Gasteiger charge is -2.22. The summed E-state index contributed by atoms with van der Waals surface area (Å²) >= 11 is 1.69. The molecule has 1 amide bonds. The summed E-state index contributed by atoms with van der Waals surface area (Å²) in [6.45, 7) is 3.91. The van der Waals surface area contributed by atoms with E-state index in [-0.39, 0.29) is 18.6 Å². The van der Waals surface area contributed by atoms with Crippen LogP contribution in [0.2, 0.25) is 0 Å². The molecule has 0 saturated carbocycles. The summed E-state index contributed by atoms with van der Waals surface area (Å²) in [5, 5.41) is 22.2. The molecule has 5 heteroatoms. The molecular weight excluding hydrogens is 298 g/mol. The molecule has 0 aromatic rings. The second-order valence-electron chi connectivity index (χ2n) is 6.08. The highest BCUT2D eigenvalue weighted by Gasteiger charge is 2.23. The Morgan fingerprint density at radius 3 is 2.36 bits per heavy atom. The Balaban J connectivity index is 3.94. The second kappa shape index (κ2) is 14.3. The molecule has 0 aromatic heterocycles. The molecule has 22 heavy (non-hydrogen) atoms. The SMILES string of the molecule is CCCCCCCC[C@@H](O)[C@@H](C)C(=O)N[C@H](CO)CCSC. The normalized spacial score (nSPS) is 15.3. The lowest BCUT2D eigenvalue weighted by atomic mass is 9.97. The summed E-state index contributed by atoms with van der Waals surface area (Å²) in [7, 11) is 0. The lowest BCUT2D eigenvalue weighted by Crippen LogP contribution is -2.43. The Bertz CT molecular complexity index is 277. The van der Waals surface area contributed by atoms with Gasteiger partial charge in [0.2, 0.25) is 5.91 Å². The van der Waals surface area contributed by atoms with Crippen LogP contribution in [-0.4, -0.2) is 46.9 Å². The maximum atomic E-state index is 12.1. The molecule has 0 aliphatic heterocycles. The van der Waals surface area contributed by atoms with Gasteiger partial charge < -0.3 is 15.5 Å². The van der Waals surface area contributed by atoms with E-state index in [1.54, 1.807) is 18.7 Å². The molecule has 0 aliphatic rings. The van der Waals surface area contributed by atoms with Crippen molar-refractivity contribution in [3.05, 3.63) is 0 Å². The van der Waals surface area contributed by atoms with Gasteiger partial charge in [0.1, 0.15) is 0 Å². The number of unbranched alkanes of at least 4 members (excludes halogenated alkanes) is 5. The van der Waals surface area contributed by atoms with Crippen LogP contribution in [0.3, 0.4) is 0 Å². The fourth-order valence-corrected chi connectivity index (χ4v) is 2.88. The highest BCUT2D eigenvalue weighted by atomic mass is 32.2. The molecule has 132 valence electrons. The number of thioether (sulfide) groups is 1. The number of nitrogens with one attached hydrogen (secondary N) is 1. The summed E-state index contributed by atoms with van der Waals surface area (Å²) in [5.74, 6) is 0.331. The largest absolute Gasteiger partial charge is 0.394 e. The van der Waals surface area contributed by atoms with Gasteiger partial charge in [0.15, 0.2) is 0 Å². The minimum Gasteiger partial charge on any atom is -0.394 e. The zero-order valence-corrected chi connectivity index (χ0v) is 15.3. The van der Waals surface area contributed by atoms with Gasteiger partial charge in [0.25, 0.3) is 0 Å². The van der Waals surface area contributed by atoms with Crippen molar-refractivity contribution < 1.29 is 15.0 Å². The van der Waals surface area contributed by atoms with Crippen LogP contribution in [0.4, 0.5) is 0 Å². The average molecular weight is 334 g/mol. The van der Waals surface area contributed by atoms with Crippen LogP contribution >= 0.6 is 11.8 Å². The summed E-state index contributed by atoms with van der Waals surface area (Å²) in [6.07, 6.45) is 9.92. The maximum absolute atomic E-state index is 12.1. The molecule has 0 unspecified atom stereocenters. The summed E-state index contributed by atoms with van der Waals surface area (Å²) < 4.78 is 0. The van der Waals surface area contributed by atoms with Crippen molar-refractivity contribution in [2.75, 3.05) is 18.6 Å². The van der Waals surface area contributed by atoms with Gasteiger partial charge in [-0.2, -0.15) is 11.8 Å². The standard InChI is InChI=1S/C17H35NO3S/c1-4-5-6-7-8-9-10-16(20)14(2)17(21)18-15(13-19)11-12-22-3/h14-16,19-20H,4-13H2,1-3H3,(H,18,21)/t14-,15+,16-/m1/s1. The van der Waals surface area contributed by atoms with E-state index in [2.05, 4.69) is 12.2 Å². The fourth-order valence-electron chi connectivity index (χ4n) is 2.36. The Labute approximate surface area is 140 Å². The van der Waals surface area contributed by atoms with Crippen molar-refractivity contribution in [1.29, 1.82) is 0 Å². The topological polar surface area (TPSA) is 69.6 Å². The van der Waals surface area contributed by atoms with Gasteiger partial charge in [0, 0.05) is 0 Å². The third kappa shape index (κ3) is 10.5. The molecule has 0 fully saturated rings. The van der Waals surface area contributed by atoms with Gasteiger partial charge in [0.05, 0.1) is 24.7 Å². The smallest absolute Gasteiger partial charge is 0.225 e. The summed E-state index contributed by atoms with van der Waals surface area (Å²) in [4.78, 5) is 12.1. The van der Waals surface area contributed by atoms with Crippen molar-refractivity contribution in [3.8, 4) is 0 Å². The Kier molecular flexibility index (Phi) is 14.2. The molecule has 0 heterocycles. The van der Waals surface area contributed by atoms with Crippen molar-refractivity contribution >= 4 is 17.7 Å². The quantitative estimate of drug-likeness (QED) is 0.428. The van der Waals surface area contributed by atoms with E-state index in [4.69, 9.17) is 0 Å². The van der Waals surface area contributed by atoms with Crippen LogP contribution in [0.1, 0.15) is 65.2 Å². The molecule has 0 aromatic carbocycles. The average Bonchev–Trinajstić information content (AvgIpc) is 2.53. The fraction of sp³-hybridized carbons (Fsp3) is 0.941. The van der Waals surface area contributed by atoms with E-state index < -0.39 is 12.0 Å². The summed E-state index contributed by atoms with van der Waals surface area (Å²) in [6, 6.07) is -0.205. The van der Waals surface area contributed by atoms with Crippen molar-refractivity contribution in [2.24, 2.45) is 5.92 Å². The monoisotopic (exact) mass is 333 g/mol. The van der Waals surface area contributed by atoms with Crippen LogP contribution in [0.15, 0.2) is 0 Å². The molecule has 3 atom stereocenters. The van der Waals surface area contributed by atoms with Gasteiger partial charge in [-0.15, -0.1) is 0 Å². The first-order valence-corrected chi connectivity index (χ1v) is 10.0. The van der Waals surface area contributed by atoms with Gasteiger partial charge >= 0.3 is 0 Å². The minimum atomic E-state index is -0.592. The molecule has 0 aliphatic carbocycles. The number of hydrogen-bond donors (Lipinski definition) is 3. The number of rotatable bonds is 14. The molecule has 0 spiro atoms. The first-order chi connectivity index (χ1) is 10.6. The van der Waals surface area contributed by atoms with E-state index in [9.17, 15) is 15.0 Å². The number of aliphatic hydroxyl groups is 2. The van der Waals surface area contributed by atoms with E-state index in [0.29, 0.717) is 6.42 Å². The molecule has 0 saturated heterocycles. The van der Waals surface area contributed by atoms with Gasteiger partial charge in [-0.25, -0.2) is 0 Å². The van der Waals surface area contributed by atoms with Crippen molar-refractivity contribution in [1.82, 2.24) is 5.32 Å².